The number of nitrogen functional groups attached to an aromatic ring is 1. The summed E-state index contributed by atoms with van der Waals surface area (Å²) in [7, 11) is 1.52. The van der Waals surface area contributed by atoms with Gasteiger partial charge in [-0.15, -0.1) is 0 Å². The summed E-state index contributed by atoms with van der Waals surface area (Å²) in [6.07, 6.45) is 1.60. The summed E-state index contributed by atoms with van der Waals surface area (Å²) in [6, 6.07) is 3.99. The number of carbonyl (C=O) groups excluding carboxylic acids is 1. The maximum Gasteiger partial charge on any atom is 0.326 e. The SMILES string of the molecule is COc1ccc(C(=O)N2CCCC(C)C2C(=O)O)c(N)c1. The second-order valence-electron chi connectivity index (χ2n) is 5.35. The Morgan fingerprint density at radius 2 is 2.14 bits per heavy atom. The topological polar surface area (TPSA) is 92.9 Å². The van der Waals surface area contributed by atoms with Gasteiger partial charge in [0.05, 0.1) is 12.7 Å². The number of hydrogen-bond acceptors (Lipinski definition) is 4. The maximum atomic E-state index is 12.6. The Hall–Kier alpha value is -2.24. The van der Waals surface area contributed by atoms with Crippen LogP contribution in [0.2, 0.25) is 0 Å². The quantitative estimate of drug-likeness (QED) is 0.825. The first-order chi connectivity index (χ1) is 9.95. The molecule has 21 heavy (non-hydrogen) atoms. The van der Waals surface area contributed by atoms with Crippen molar-refractivity contribution >= 4 is 17.6 Å². The molecule has 2 unspecified atom stereocenters. The Balaban J connectivity index is 2.31. The van der Waals surface area contributed by atoms with E-state index in [0.29, 0.717) is 23.5 Å². The first-order valence-electron chi connectivity index (χ1n) is 6.93. The number of benzene rings is 1. The van der Waals surface area contributed by atoms with Crippen molar-refractivity contribution in [2.45, 2.75) is 25.8 Å². The molecule has 114 valence electrons. The number of ether oxygens (including phenoxy) is 1. The molecule has 6 heteroatoms. The van der Waals surface area contributed by atoms with Gasteiger partial charge < -0.3 is 20.5 Å². The van der Waals surface area contributed by atoms with E-state index in [1.807, 2.05) is 6.92 Å². The molecular formula is C15H20N2O4. The minimum atomic E-state index is -0.970. The van der Waals surface area contributed by atoms with Crippen LogP contribution in [0, 0.1) is 5.92 Å². The number of carboxylic acid groups (broad SMARTS) is 1. The van der Waals surface area contributed by atoms with E-state index in [1.165, 1.54) is 12.0 Å². The summed E-state index contributed by atoms with van der Waals surface area (Å²) in [5.74, 6) is -0.817. The Bertz CT molecular complexity index is 559. The zero-order chi connectivity index (χ0) is 15.6. The molecular weight excluding hydrogens is 272 g/mol. The molecule has 2 atom stereocenters. The average Bonchev–Trinajstić information content (AvgIpc) is 2.45. The van der Waals surface area contributed by atoms with Crippen LogP contribution in [0.4, 0.5) is 5.69 Å². The van der Waals surface area contributed by atoms with Gasteiger partial charge in [-0.2, -0.15) is 0 Å². The number of hydrogen-bond donors (Lipinski definition) is 2. The minimum absolute atomic E-state index is 0.0697. The number of amides is 1. The standard InChI is InChI=1S/C15H20N2O4/c1-9-4-3-7-17(13(9)15(19)20)14(18)11-6-5-10(21-2)8-12(11)16/h5-6,8-9,13H,3-4,7,16H2,1-2H3,(H,19,20). The summed E-state index contributed by atoms with van der Waals surface area (Å²) in [6.45, 7) is 2.29. The average molecular weight is 292 g/mol. The third-order valence-corrected chi connectivity index (χ3v) is 3.94. The smallest absolute Gasteiger partial charge is 0.326 e. The van der Waals surface area contributed by atoms with Crippen LogP contribution in [-0.2, 0) is 4.79 Å². The summed E-state index contributed by atoms with van der Waals surface area (Å²) < 4.78 is 5.05. The fourth-order valence-corrected chi connectivity index (χ4v) is 2.81. The van der Waals surface area contributed by atoms with Gasteiger partial charge in [0.1, 0.15) is 11.8 Å². The summed E-state index contributed by atoms with van der Waals surface area (Å²) >= 11 is 0. The van der Waals surface area contributed by atoms with Crippen LogP contribution in [0.15, 0.2) is 18.2 Å². The highest BCUT2D eigenvalue weighted by Crippen LogP contribution is 2.28. The van der Waals surface area contributed by atoms with E-state index in [4.69, 9.17) is 10.5 Å². The van der Waals surface area contributed by atoms with Crippen molar-refractivity contribution in [2.75, 3.05) is 19.4 Å². The van der Waals surface area contributed by atoms with Crippen LogP contribution in [0.3, 0.4) is 0 Å². The molecule has 3 N–H and O–H groups in total. The van der Waals surface area contributed by atoms with Crippen molar-refractivity contribution in [3.05, 3.63) is 23.8 Å². The number of rotatable bonds is 3. The van der Waals surface area contributed by atoms with Crippen LogP contribution in [0.25, 0.3) is 0 Å². The van der Waals surface area contributed by atoms with E-state index in [1.54, 1.807) is 18.2 Å². The highest BCUT2D eigenvalue weighted by Gasteiger charge is 2.37. The van der Waals surface area contributed by atoms with Crippen molar-refractivity contribution in [3.8, 4) is 5.75 Å². The minimum Gasteiger partial charge on any atom is -0.497 e. The Labute approximate surface area is 123 Å². The zero-order valence-electron chi connectivity index (χ0n) is 12.2. The highest BCUT2D eigenvalue weighted by atomic mass is 16.5. The Kier molecular flexibility index (Phi) is 4.35. The number of piperidine rings is 1. The van der Waals surface area contributed by atoms with Crippen molar-refractivity contribution in [3.63, 3.8) is 0 Å². The first kappa shape index (κ1) is 15.2. The molecule has 1 aliphatic rings. The molecule has 1 saturated heterocycles. The number of nitrogens with two attached hydrogens (primary N) is 1. The van der Waals surface area contributed by atoms with Gasteiger partial charge in [-0.3, -0.25) is 4.79 Å². The number of likely N-dealkylation sites (tertiary alicyclic amines) is 1. The van der Waals surface area contributed by atoms with E-state index in [-0.39, 0.29) is 11.8 Å². The van der Waals surface area contributed by atoms with Crippen molar-refractivity contribution in [2.24, 2.45) is 5.92 Å². The molecule has 1 aliphatic heterocycles. The highest BCUT2D eigenvalue weighted by molar-refractivity contribution is 6.01. The number of anilines is 1. The number of carbonyl (C=O) groups is 2. The van der Waals surface area contributed by atoms with Crippen LogP contribution in [0.5, 0.6) is 5.75 Å². The molecule has 1 aromatic carbocycles. The van der Waals surface area contributed by atoms with Gasteiger partial charge in [-0.25, -0.2) is 4.79 Å². The second-order valence-corrected chi connectivity index (χ2v) is 5.35. The van der Waals surface area contributed by atoms with E-state index in [9.17, 15) is 14.7 Å². The van der Waals surface area contributed by atoms with Crippen LogP contribution in [0.1, 0.15) is 30.1 Å². The zero-order valence-corrected chi connectivity index (χ0v) is 12.2. The van der Waals surface area contributed by atoms with Crippen molar-refractivity contribution in [1.82, 2.24) is 4.90 Å². The molecule has 0 bridgehead atoms. The van der Waals surface area contributed by atoms with Gasteiger partial charge in [0.25, 0.3) is 5.91 Å². The van der Waals surface area contributed by atoms with Gasteiger partial charge in [0, 0.05) is 18.3 Å². The predicted molar refractivity (Wildman–Crippen MR) is 78.3 cm³/mol. The molecule has 0 aromatic heterocycles. The number of nitrogens with zero attached hydrogens (tertiary/aromatic N) is 1. The molecule has 0 radical (unpaired) electrons. The molecule has 1 fully saturated rings. The molecule has 2 rings (SSSR count). The lowest BCUT2D eigenvalue weighted by atomic mass is 9.90. The third-order valence-electron chi connectivity index (χ3n) is 3.94. The summed E-state index contributed by atoms with van der Waals surface area (Å²) in [4.78, 5) is 25.5. The Morgan fingerprint density at radius 1 is 1.43 bits per heavy atom. The van der Waals surface area contributed by atoms with Crippen LogP contribution < -0.4 is 10.5 Å². The third kappa shape index (κ3) is 2.94. The molecule has 1 aromatic rings. The van der Waals surface area contributed by atoms with Gasteiger partial charge in [-0.1, -0.05) is 6.92 Å². The predicted octanol–water partition coefficient (Wildman–Crippen LogP) is 1.60. The molecule has 1 heterocycles. The first-order valence-corrected chi connectivity index (χ1v) is 6.93. The molecule has 6 nitrogen and oxygen atoms in total. The van der Waals surface area contributed by atoms with E-state index in [2.05, 4.69) is 0 Å². The Morgan fingerprint density at radius 3 is 2.71 bits per heavy atom. The van der Waals surface area contributed by atoms with Crippen molar-refractivity contribution in [1.29, 1.82) is 0 Å². The van der Waals surface area contributed by atoms with Gasteiger partial charge in [0.2, 0.25) is 0 Å². The number of methoxy groups -OCH3 is 1. The molecule has 0 spiro atoms. The van der Waals surface area contributed by atoms with Crippen LogP contribution in [-0.4, -0.2) is 41.6 Å². The van der Waals surface area contributed by atoms with E-state index in [0.717, 1.165) is 12.8 Å². The van der Waals surface area contributed by atoms with Crippen LogP contribution >= 0.6 is 0 Å². The second kappa shape index (κ2) is 6.03. The van der Waals surface area contributed by atoms with Gasteiger partial charge >= 0.3 is 5.97 Å². The monoisotopic (exact) mass is 292 g/mol. The summed E-state index contributed by atoms with van der Waals surface area (Å²) in [5.41, 5.74) is 6.49. The van der Waals surface area contributed by atoms with E-state index < -0.39 is 12.0 Å². The number of carboxylic acids is 1. The fourth-order valence-electron chi connectivity index (χ4n) is 2.81. The molecule has 1 amide bonds. The summed E-state index contributed by atoms with van der Waals surface area (Å²) in [5, 5.41) is 9.38. The fraction of sp³-hybridized carbons (Fsp3) is 0.467. The number of aliphatic carboxylic acids is 1. The maximum absolute atomic E-state index is 12.6. The van der Waals surface area contributed by atoms with E-state index >= 15 is 0 Å². The van der Waals surface area contributed by atoms with Crippen molar-refractivity contribution < 1.29 is 19.4 Å². The largest absolute Gasteiger partial charge is 0.497 e. The lowest BCUT2D eigenvalue weighted by Gasteiger charge is -2.37. The molecule has 0 saturated carbocycles. The lowest BCUT2D eigenvalue weighted by molar-refractivity contribution is -0.145. The lowest BCUT2D eigenvalue weighted by Crippen LogP contribution is -2.52. The van der Waals surface area contributed by atoms with Gasteiger partial charge in [0.15, 0.2) is 0 Å². The molecule has 0 aliphatic carbocycles. The normalized spacial score (nSPS) is 21.9. The van der Waals surface area contributed by atoms with Gasteiger partial charge in [-0.05, 0) is 30.9 Å².